The maximum absolute atomic E-state index is 4.26. The Balaban J connectivity index is 2.56. The van der Waals surface area contributed by atoms with Crippen molar-refractivity contribution in [1.29, 1.82) is 0 Å². The number of benzene rings is 1. The molecule has 1 aromatic heterocycles. The molecule has 2 aromatic rings. The van der Waals surface area contributed by atoms with Crippen LogP contribution < -0.4 is 0 Å². The molecule has 2 rings (SSSR count). The number of hydrogen-bond donors (Lipinski definition) is 0. The molecule has 0 aliphatic heterocycles. The number of hydrogen-bond acceptors (Lipinski definition) is 1. The lowest BCUT2D eigenvalue weighted by Gasteiger charge is -2.22. The van der Waals surface area contributed by atoms with Gasteiger partial charge in [0.2, 0.25) is 0 Å². The van der Waals surface area contributed by atoms with E-state index in [1.54, 1.807) is 0 Å². The second-order valence-electron chi connectivity index (χ2n) is 5.54. The summed E-state index contributed by atoms with van der Waals surface area (Å²) in [5.41, 5.74) is 5.25. The van der Waals surface area contributed by atoms with Crippen LogP contribution in [-0.2, 0) is 5.41 Å². The van der Waals surface area contributed by atoms with E-state index >= 15 is 0 Å². The van der Waals surface area contributed by atoms with Gasteiger partial charge in [0, 0.05) is 18.0 Å². The standard InChI is InChI=1S/C16H19N/c1-12-5-7-13(8-6-12)14-11-17-10-9-15(14)16(2,3)4/h5-11H,1-4H3. The van der Waals surface area contributed by atoms with Crippen LogP contribution in [0.1, 0.15) is 31.9 Å². The number of aryl methyl sites for hydroxylation is 1. The van der Waals surface area contributed by atoms with E-state index in [1.165, 1.54) is 22.3 Å². The monoisotopic (exact) mass is 225 g/mol. The first kappa shape index (κ1) is 11.8. The lowest BCUT2D eigenvalue weighted by atomic mass is 9.83. The largest absolute Gasteiger partial charge is 0.264 e. The molecule has 1 heteroatoms. The lowest BCUT2D eigenvalue weighted by Crippen LogP contribution is -2.12. The van der Waals surface area contributed by atoms with E-state index in [9.17, 15) is 0 Å². The number of rotatable bonds is 1. The molecule has 0 spiro atoms. The first-order valence-corrected chi connectivity index (χ1v) is 6.00. The highest BCUT2D eigenvalue weighted by Gasteiger charge is 2.18. The minimum absolute atomic E-state index is 0.142. The third-order valence-corrected chi connectivity index (χ3v) is 2.99. The van der Waals surface area contributed by atoms with Gasteiger partial charge in [-0.2, -0.15) is 0 Å². The third kappa shape index (κ3) is 2.55. The summed E-state index contributed by atoms with van der Waals surface area (Å²) in [6.45, 7) is 8.82. The van der Waals surface area contributed by atoms with Gasteiger partial charge in [-0.05, 0) is 29.5 Å². The third-order valence-electron chi connectivity index (χ3n) is 2.99. The predicted molar refractivity (Wildman–Crippen MR) is 73.1 cm³/mol. The molecule has 17 heavy (non-hydrogen) atoms. The van der Waals surface area contributed by atoms with Crippen LogP contribution in [0.4, 0.5) is 0 Å². The predicted octanol–water partition coefficient (Wildman–Crippen LogP) is 4.35. The van der Waals surface area contributed by atoms with Crippen molar-refractivity contribution in [3.05, 3.63) is 53.9 Å². The Hall–Kier alpha value is -1.63. The molecule has 0 unspecified atom stereocenters. The Morgan fingerprint density at radius 2 is 1.59 bits per heavy atom. The van der Waals surface area contributed by atoms with E-state index in [1.807, 2.05) is 12.4 Å². The van der Waals surface area contributed by atoms with Crippen LogP contribution in [0.2, 0.25) is 0 Å². The zero-order valence-corrected chi connectivity index (χ0v) is 11.0. The van der Waals surface area contributed by atoms with Crippen molar-refractivity contribution in [2.75, 3.05) is 0 Å². The highest BCUT2D eigenvalue weighted by Crippen LogP contribution is 2.32. The maximum Gasteiger partial charge on any atom is 0.0349 e. The molecule has 0 amide bonds. The van der Waals surface area contributed by atoms with Gasteiger partial charge in [0.05, 0.1) is 0 Å². The Labute approximate surface area is 104 Å². The summed E-state index contributed by atoms with van der Waals surface area (Å²) < 4.78 is 0. The molecule has 0 atom stereocenters. The van der Waals surface area contributed by atoms with Gasteiger partial charge in [0.25, 0.3) is 0 Å². The van der Waals surface area contributed by atoms with E-state index in [0.717, 1.165) is 0 Å². The summed E-state index contributed by atoms with van der Waals surface area (Å²) in [7, 11) is 0. The highest BCUT2D eigenvalue weighted by molar-refractivity contribution is 5.67. The van der Waals surface area contributed by atoms with E-state index in [0.29, 0.717) is 0 Å². The second kappa shape index (κ2) is 4.33. The summed E-state index contributed by atoms with van der Waals surface area (Å²) in [5.74, 6) is 0. The van der Waals surface area contributed by atoms with Gasteiger partial charge < -0.3 is 0 Å². The molecule has 0 saturated carbocycles. The van der Waals surface area contributed by atoms with Crippen LogP contribution in [0.5, 0.6) is 0 Å². The summed E-state index contributed by atoms with van der Waals surface area (Å²) in [6.07, 6.45) is 3.84. The zero-order chi connectivity index (χ0) is 12.5. The summed E-state index contributed by atoms with van der Waals surface area (Å²) >= 11 is 0. The van der Waals surface area contributed by atoms with E-state index in [4.69, 9.17) is 0 Å². The van der Waals surface area contributed by atoms with E-state index in [2.05, 4.69) is 63.0 Å². The van der Waals surface area contributed by atoms with Crippen molar-refractivity contribution in [2.45, 2.75) is 33.1 Å². The molecule has 0 fully saturated rings. The van der Waals surface area contributed by atoms with Crippen LogP contribution in [0.25, 0.3) is 11.1 Å². The maximum atomic E-state index is 4.26. The fourth-order valence-corrected chi connectivity index (χ4v) is 2.01. The first-order valence-electron chi connectivity index (χ1n) is 6.00. The first-order chi connectivity index (χ1) is 7.98. The minimum Gasteiger partial charge on any atom is -0.264 e. The minimum atomic E-state index is 0.142. The molecular formula is C16H19N. The number of aromatic nitrogens is 1. The lowest BCUT2D eigenvalue weighted by molar-refractivity contribution is 0.591. The average molecular weight is 225 g/mol. The second-order valence-corrected chi connectivity index (χ2v) is 5.54. The van der Waals surface area contributed by atoms with Crippen molar-refractivity contribution in [1.82, 2.24) is 4.98 Å². The van der Waals surface area contributed by atoms with Crippen LogP contribution in [0.3, 0.4) is 0 Å². The Morgan fingerprint density at radius 1 is 0.941 bits per heavy atom. The van der Waals surface area contributed by atoms with Crippen LogP contribution in [-0.4, -0.2) is 4.98 Å². The summed E-state index contributed by atoms with van der Waals surface area (Å²) in [4.78, 5) is 4.26. The van der Waals surface area contributed by atoms with E-state index < -0.39 is 0 Å². The van der Waals surface area contributed by atoms with Gasteiger partial charge in [-0.25, -0.2) is 0 Å². The van der Waals surface area contributed by atoms with Crippen LogP contribution in [0, 0.1) is 6.92 Å². The normalized spacial score (nSPS) is 11.5. The average Bonchev–Trinajstić information content (AvgIpc) is 2.29. The van der Waals surface area contributed by atoms with Crippen molar-refractivity contribution < 1.29 is 0 Å². The SMILES string of the molecule is Cc1ccc(-c2cnccc2C(C)(C)C)cc1. The fourth-order valence-electron chi connectivity index (χ4n) is 2.01. The van der Waals surface area contributed by atoms with Crippen molar-refractivity contribution in [3.63, 3.8) is 0 Å². The molecule has 0 saturated heterocycles. The Morgan fingerprint density at radius 3 is 2.18 bits per heavy atom. The van der Waals surface area contributed by atoms with Crippen molar-refractivity contribution in [3.8, 4) is 11.1 Å². The molecule has 0 aliphatic rings. The number of nitrogens with zero attached hydrogens (tertiary/aromatic N) is 1. The summed E-state index contributed by atoms with van der Waals surface area (Å²) in [5, 5.41) is 0. The van der Waals surface area contributed by atoms with Gasteiger partial charge in [-0.15, -0.1) is 0 Å². The highest BCUT2D eigenvalue weighted by atomic mass is 14.6. The molecule has 0 bridgehead atoms. The van der Waals surface area contributed by atoms with E-state index in [-0.39, 0.29) is 5.41 Å². The molecule has 1 nitrogen and oxygen atoms in total. The molecule has 88 valence electrons. The quantitative estimate of drug-likeness (QED) is 0.703. The van der Waals surface area contributed by atoms with Crippen molar-refractivity contribution >= 4 is 0 Å². The number of pyridine rings is 1. The molecule has 0 aliphatic carbocycles. The van der Waals surface area contributed by atoms with Crippen molar-refractivity contribution in [2.24, 2.45) is 0 Å². The van der Waals surface area contributed by atoms with Gasteiger partial charge >= 0.3 is 0 Å². The zero-order valence-electron chi connectivity index (χ0n) is 11.0. The molecule has 1 aromatic carbocycles. The molecular weight excluding hydrogens is 206 g/mol. The van der Waals surface area contributed by atoms with Crippen LogP contribution in [0.15, 0.2) is 42.7 Å². The van der Waals surface area contributed by atoms with Gasteiger partial charge in [-0.1, -0.05) is 50.6 Å². The van der Waals surface area contributed by atoms with Gasteiger partial charge in [-0.3, -0.25) is 4.98 Å². The Kier molecular flexibility index (Phi) is 3.01. The molecule has 0 radical (unpaired) electrons. The van der Waals surface area contributed by atoms with Gasteiger partial charge in [0.1, 0.15) is 0 Å². The fraction of sp³-hybridized carbons (Fsp3) is 0.312. The molecule has 0 N–H and O–H groups in total. The molecule has 1 heterocycles. The topological polar surface area (TPSA) is 12.9 Å². The van der Waals surface area contributed by atoms with Gasteiger partial charge in [0.15, 0.2) is 0 Å². The Bertz CT molecular complexity index is 504. The summed E-state index contributed by atoms with van der Waals surface area (Å²) in [6, 6.07) is 10.8. The smallest absolute Gasteiger partial charge is 0.0349 e. The van der Waals surface area contributed by atoms with Crippen LogP contribution >= 0.6 is 0 Å².